The number of aromatic nitrogens is 3. The molecule has 5 heteroatoms. The van der Waals surface area contributed by atoms with E-state index in [0.29, 0.717) is 12.4 Å². The van der Waals surface area contributed by atoms with Crippen LogP contribution in [-0.2, 0) is 11.3 Å². The third kappa shape index (κ3) is 2.27. The smallest absolute Gasteiger partial charge is 0.163 e. The first-order valence-corrected chi connectivity index (χ1v) is 6.51. The predicted molar refractivity (Wildman–Crippen MR) is 70.1 cm³/mol. The van der Waals surface area contributed by atoms with Crippen LogP contribution in [-0.4, -0.2) is 32.6 Å². The van der Waals surface area contributed by atoms with E-state index >= 15 is 0 Å². The zero-order valence-corrected chi connectivity index (χ0v) is 10.9. The molecule has 0 spiro atoms. The molecule has 2 atom stereocenters. The van der Waals surface area contributed by atoms with E-state index in [1.165, 1.54) is 0 Å². The first-order chi connectivity index (χ1) is 9.29. The average Bonchev–Trinajstić information content (AvgIpc) is 3.05. The van der Waals surface area contributed by atoms with Gasteiger partial charge in [-0.15, -0.1) is 10.2 Å². The quantitative estimate of drug-likeness (QED) is 0.910. The molecule has 1 aliphatic rings. The molecule has 5 nitrogen and oxygen atoms in total. The summed E-state index contributed by atoms with van der Waals surface area (Å²) in [5, 5.41) is 17.8. The van der Waals surface area contributed by atoms with Crippen LogP contribution in [0.5, 0.6) is 0 Å². The fraction of sp³-hybridized carbons (Fsp3) is 0.429. The van der Waals surface area contributed by atoms with Crippen LogP contribution in [0.4, 0.5) is 0 Å². The van der Waals surface area contributed by atoms with Crippen LogP contribution in [0.15, 0.2) is 30.3 Å². The van der Waals surface area contributed by atoms with Crippen molar-refractivity contribution in [3.63, 3.8) is 0 Å². The minimum Gasteiger partial charge on any atom is -0.388 e. The van der Waals surface area contributed by atoms with E-state index in [1.54, 1.807) is 0 Å². The number of hydrogen-bond donors (Lipinski definition) is 1. The van der Waals surface area contributed by atoms with Crippen molar-refractivity contribution in [1.29, 1.82) is 0 Å². The van der Waals surface area contributed by atoms with Crippen molar-refractivity contribution in [1.82, 2.24) is 14.8 Å². The Hall–Kier alpha value is -1.72. The fourth-order valence-electron chi connectivity index (χ4n) is 2.55. The van der Waals surface area contributed by atoms with Crippen LogP contribution in [0, 0.1) is 0 Å². The van der Waals surface area contributed by atoms with Gasteiger partial charge in [0.25, 0.3) is 0 Å². The molecule has 0 saturated carbocycles. The molecule has 19 heavy (non-hydrogen) atoms. The van der Waals surface area contributed by atoms with Gasteiger partial charge in [-0.2, -0.15) is 0 Å². The summed E-state index contributed by atoms with van der Waals surface area (Å²) < 4.78 is 7.55. The highest BCUT2D eigenvalue weighted by molar-refractivity contribution is 5.34. The van der Waals surface area contributed by atoms with Gasteiger partial charge >= 0.3 is 0 Å². The van der Waals surface area contributed by atoms with E-state index in [9.17, 15) is 5.11 Å². The van der Waals surface area contributed by atoms with Gasteiger partial charge in [-0.05, 0) is 25.5 Å². The Labute approximate surface area is 111 Å². The number of aliphatic hydroxyl groups is 1. The number of nitrogens with zero attached hydrogens (tertiary/aromatic N) is 3. The second-order valence-electron chi connectivity index (χ2n) is 4.88. The van der Waals surface area contributed by atoms with E-state index in [2.05, 4.69) is 17.1 Å². The van der Waals surface area contributed by atoms with Gasteiger partial charge < -0.3 is 9.84 Å². The minimum atomic E-state index is -0.120. The highest BCUT2D eigenvalue weighted by Crippen LogP contribution is 2.30. The third-order valence-corrected chi connectivity index (χ3v) is 3.47. The number of para-hydroxylation sites is 1. The van der Waals surface area contributed by atoms with Crippen LogP contribution in [0.25, 0.3) is 5.69 Å². The van der Waals surface area contributed by atoms with Gasteiger partial charge in [-0.3, -0.25) is 4.57 Å². The molecule has 1 fully saturated rings. The molecule has 2 heterocycles. The van der Waals surface area contributed by atoms with Crippen LogP contribution in [0.1, 0.15) is 30.9 Å². The molecule has 1 N–H and O–H groups in total. The molecule has 3 rings (SSSR count). The van der Waals surface area contributed by atoms with Crippen LogP contribution in [0.2, 0.25) is 0 Å². The molecule has 2 unspecified atom stereocenters. The van der Waals surface area contributed by atoms with E-state index in [1.807, 2.05) is 34.9 Å². The van der Waals surface area contributed by atoms with Crippen LogP contribution in [0.3, 0.4) is 0 Å². The molecule has 1 aromatic heterocycles. The molecule has 0 amide bonds. The molecule has 2 aromatic rings. The maximum atomic E-state index is 9.43. The number of aliphatic hydroxyl groups excluding tert-OH is 1. The van der Waals surface area contributed by atoms with Gasteiger partial charge in [0.1, 0.15) is 12.4 Å². The standard InChI is InChI=1S/C14H17N3O2/c1-10-7-11(9-19-10)14-16-15-13(8-18)17(14)12-5-3-2-4-6-12/h2-6,10-11,18H,7-9H2,1H3. The highest BCUT2D eigenvalue weighted by Gasteiger charge is 2.29. The zero-order valence-electron chi connectivity index (χ0n) is 10.9. The monoisotopic (exact) mass is 259 g/mol. The Morgan fingerprint density at radius 3 is 2.74 bits per heavy atom. The van der Waals surface area contributed by atoms with Crippen molar-refractivity contribution < 1.29 is 9.84 Å². The summed E-state index contributed by atoms with van der Waals surface area (Å²) in [5.74, 6) is 1.68. The molecule has 100 valence electrons. The Balaban J connectivity index is 2.04. The van der Waals surface area contributed by atoms with Crippen molar-refractivity contribution in [3.05, 3.63) is 42.0 Å². The van der Waals surface area contributed by atoms with Gasteiger partial charge in [0.15, 0.2) is 5.82 Å². The number of ether oxygens (including phenoxy) is 1. The normalized spacial score (nSPS) is 22.8. The van der Waals surface area contributed by atoms with Crippen molar-refractivity contribution >= 4 is 0 Å². The molecule has 0 aliphatic carbocycles. The molecule has 0 bridgehead atoms. The molecule has 1 aliphatic heterocycles. The molecule has 0 radical (unpaired) electrons. The predicted octanol–water partition coefficient (Wildman–Crippen LogP) is 1.65. The second kappa shape index (κ2) is 5.11. The summed E-state index contributed by atoms with van der Waals surface area (Å²) in [6, 6.07) is 9.88. The van der Waals surface area contributed by atoms with E-state index in [4.69, 9.17) is 4.74 Å². The summed E-state index contributed by atoms with van der Waals surface area (Å²) in [5.41, 5.74) is 0.978. The van der Waals surface area contributed by atoms with Crippen molar-refractivity contribution in [2.24, 2.45) is 0 Å². The van der Waals surface area contributed by atoms with Crippen LogP contribution >= 0.6 is 0 Å². The number of rotatable bonds is 3. The lowest BCUT2D eigenvalue weighted by molar-refractivity contribution is 0.123. The SMILES string of the molecule is CC1CC(c2nnc(CO)n2-c2ccccc2)CO1. The van der Waals surface area contributed by atoms with Gasteiger partial charge in [0.05, 0.1) is 12.7 Å². The lowest BCUT2D eigenvalue weighted by Gasteiger charge is -2.12. The lowest BCUT2D eigenvalue weighted by Crippen LogP contribution is -2.10. The summed E-state index contributed by atoms with van der Waals surface area (Å²) in [4.78, 5) is 0. The van der Waals surface area contributed by atoms with Gasteiger partial charge in [-0.1, -0.05) is 18.2 Å². The first kappa shape index (κ1) is 12.3. The van der Waals surface area contributed by atoms with Gasteiger partial charge in [0, 0.05) is 11.6 Å². The largest absolute Gasteiger partial charge is 0.388 e. The maximum Gasteiger partial charge on any atom is 0.163 e. The third-order valence-electron chi connectivity index (χ3n) is 3.47. The van der Waals surface area contributed by atoms with Crippen molar-refractivity contribution in [3.8, 4) is 5.69 Å². The highest BCUT2D eigenvalue weighted by atomic mass is 16.5. The van der Waals surface area contributed by atoms with Crippen molar-refractivity contribution in [2.45, 2.75) is 32.0 Å². The average molecular weight is 259 g/mol. The Kier molecular flexibility index (Phi) is 3.31. The summed E-state index contributed by atoms with van der Waals surface area (Å²) in [7, 11) is 0. The molecule has 1 saturated heterocycles. The molecular weight excluding hydrogens is 242 g/mol. The lowest BCUT2D eigenvalue weighted by atomic mass is 10.1. The number of benzene rings is 1. The van der Waals surface area contributed by atoms with E-state index in [-0.39, 0.29) is 18.6 Å². The van der Waals surface area contributed by atoms with Crippen molar-refractivity contribution in [2.75, 3.05) is 6.61 Å². The van der Waals surface area contributed by atoms with Gasteiger partial charge in [-0.25, -0.2) is 0 Å². The molecular formula is C14H17N3O2. The van der Waals surface area contributed by atoms with E-state index in [0.717, 1.165) is 17.9 Å². The Morgan fingerprint density at radius 1 is 1.32 bits per heavy atom. The first-order valence-electron chi connectivity index (χ1n) is 6.51. The summed E-state index contributed by atoms with van der Waals surface area (Å²) >= 11 is 0. The zero-order chi connectivity index (χ0) is 13.2. The molecule has 1 aromatic carbocycles. The Bertz CT molecular complexity index is 553. The summed E-state index contributed by atoms with van der Waals surface area (Å²) in [6.45, 7) is 2.61. The fourth-order valence-corrected chi connectivity index (χ4v) is 2.55. The second-order valence-corrected chi connectivity index (χ2v) is 4.88. The maximum absolute atomic E-state index is 9.43. The summed E-state index contributed by atoms with van der Waals surface area (Å²) in [6.07, 6.45) is 1.19. The van der Waals surface area contributed by atoms with E-state index < -0.39 is 0 Å². The van der Waals surface area contributed by atoms with Crippen LogP contribution < -0.4 is 0 Å². The van der Waals surface area contributed by atoms with Gasteiger partial charge in [0.2, 0.25) is 0 Å². The topological polar surface area (TPSA) is 60.2 Å². The minimum absolute atomic E-state index is 0.120. The Morgan fingerprint density at radius 2 is 2.11 bits per heavy atom. The number of hydrogen-bond acceptors (Lipinski definition) is 4.